The van der Waals surface area contributed by atoms with Crippen LogP contribution < -0.4 is 0 Å². The van der Waals surface area contributed by atoms with Crippen molar-refractivity contribution in [2.24, 2.45) is 11.8 Å². The number of rotatable bonds is 9. The molecule has 1 heterocycles. The van der Waals surface area contributed by atoms with Gasteiger partial charge >= 0.3 is 12.1 Å². The van der Waals surface area contributed by atoms with Gasteiger partial charge in [-0.15, -0.1) is 0 Å². The first-order valence-electron chi connectivity index (χ1n) is 12.0. The number of aliphatic hydroxyl groups excluding tert-OH is 1. The van der Waals surface area contributed by atoms with Gasteiger partial charge in [-0.3, -0.25) is 9.69 Å². The Morgan fingerprint density at radius 3 is 1.94 bits per heavy atom. The van der Waals surface area contributed by atoms with Crippen LogP contribution in [0.2, 0.25) is 0 Å². The molecule has 0 spiro atoms. The Morgan fingerprint density at radius 2 is 1.39 bits per heavy atom. The van der Waals surface area contributed by atoms with Gasteiger partial charge < -0.3 is 19.3 Å². The molecule has 3 aromatic rings. The van der Waals surface area contributed by atoms with E-state index in [1.54, 1.807) is 0 Å². The minimum Gasteiger partial charge on any atom is -0.469 e. The number of likely N-dealkylation sites (tertiary alicyclic amines) is 1. The maximum absolute atomic E-state index is 13.5. The van der Waals surface area contributed by atoms with Gasteiger partial charge in [0.15, 0.2) is 0 Å². The predicted octanol–water partition coefficient (Wildman–Crippen LogP) is 4.36. The first-order valence-corrected chi connectivity index (χ1v) is 12.0. The summed E-state index contributed by atoms with van der Waals surface area (Å²) in [5.41, 5.74) is 2.59. The van der Waals surface area contributed by atoms with Crippen LogP contribution in [0, 0.1) is 11.8 Å². The average molecular weight is 490 g/mol. The van der Waals surface area contributed by atoms with E-state index in [1.165, 1.54) is 12.0 Å². The molecule has 7 nitrogen and oxygen atoms in total. The van der Waals surface area contributed by atoms with Crippen LogP contribution >= 0.6 is 0 Å². The molecule has 3 aromatic carbocycles. The van der Waals surface area contributed by atoms with E-state index in [9.17, 15) is 14.7 Å². The molecule has 0 aromatic heterocycles. The van der Waals surface area contributed by atoms with Crippen LogP contribution in [0.15, 0.2) is 91.0 Å². The van der Waals surface area contributed by atoms with Gasteiger partial charge in [0.25, 0.3) is 0 Å². The number of methoxy groups -OCH3 is 1. The lowest BCUT2D eigenvalue weighted by atomic mass is 9.85. The summed E-state index contributed by atoms with van der Waals surface area (Å²) in [4.78, 5) is 28.1. The first-order chi connectivity index (χ1) is 17.6. The highest BCUT2D eigenvalue weighted by molar-refractivity contribution is 5.78. The topological polar surface area (TPSA) is 85.3 Å². The number of hydrogen-bond donors (Lipinski definition) is 1. The summed E-state index contributed by atoms with van der Waals surface area (Å²) in [6.07, 6.45) is -0.605. The Balaban J connectivity index is 1.63. The van der Waals surface area contributed by atoms with Gasteiger partial charge in [-0.1, -0.05) is 91.0 Å². The van der Waals surface area contributed by atoms with Crippen LogP contribution in [0.3, 0.4) is 0 Å². The van der Waals surface area contributed by atoms with E-state index in [-0.39, 0.29) is 19.8 Å². The van der Waals surface area contributed by atoms with E-state index in [2.05, 4.69) is 0 Å². The Labute approximate surface area is 211 Å². The quantitative estimate of drug-likeness (QED) is 0.450. The van der Waals surface area contributed by atoms with Gasteiger partial charge in [-0.25, -0.2) is 4.79 Å². The molecule has 1 amide bonds. The summed E-state index contributed by atoms with van der Waals surface area (Å²) >= 11 is 0. The molecule has 7 heteroatoms. The van der Waals surface area contributed by atoms with Gasteiger partial charge in [0.1, 0.15) is 6.61 Å². The molecule has 4 atom stereocenters. The van der Waals surface area contributed by atoms with Crippen molar-refractivity contribution in [1.82, 2.24) is 4.90 Å². The second-order valence-electron chi connectivity index (χ2n) is 8.77. The van der Waals surface area contributed by atoms with Crippen LogP contribution in [0.5, 0.6) is 0 Å². The van der Waals surface area contributed by atoms with Crippen molar-refractivity contribution in [3.05, 3.63) is 108 Å². The molecule has 1 aliphatic rings. The summed E-state index contributed by atoms with van der Waals surface area (Å²) in [6, 6.07) is 27.0. The largest absolute Gasteiger partial charge is 0.469 e. The predicted molar refractivity (Wildman–Crippen MR) is 134 cm³/mol. The van der Waals surface area contributed by atoms with Crippen LogP contribution in [0.1, 0.15) is 22.7 Å². The number of amides is 1. The number of ether oxygens (including phenoxy) is 3. The number of hydrogen-bond acceptors (Lipinski definition) is 6. The van der Waals surface area contributed by atoms with Gasteiger partial charge in [0, 0.05) is 5.92 Å². The normalized spacial score (nSPS) is 21.2. The molecule has 36 heavy (non-hydrogen) atoms. The number of nitrogens with zero attached hydrogens (tertiary/aromatic N) is 1. The zero-order chi connectivity index (χ0) is 25.3. The number of esters is 1. The summed E-state index contributed by atoms with van der Waals surface area (Å²) in [5.74, 6) is -1.70. The van der Waals surface area contributed by atoms with E-state index in [4.69, 9.17) is 14.2 Å². The van der Waals surface area contributed by atoms with E-state index >= 15 is 0 Å². The highest BCUT2D eigenvalue weighted by atomic mass is 16.6. The Hall–Kier alpha value is -3.68. The molecule has 0 saturated carbocycles. The fourth-order valence-corrected chi connectivity index (χ4v) is 4.88. The van der Waals surface area contributed by atoms with Crippen LogP contribution in [0.25, 0.3) is 0 Å². The lowest BCUT2D eigenvalue weighted by Crippen LogP contribution is -2.42. The van der Waals surface area contributed by atoms with Gasteiger partial charge in [0.2, 0.25) is 0 Å². The fourth-order valence-electron chi connectivity index (χ4n) is 4.88. The smallest absolute Gasteiger partial charge is 0.410 e. The molecule has 1 aliphatic heterocycles. The standard InChI is InChI=1S/C29H31NO6/c1-34-28(32)26-24(20-35-18-21-11-5-2-6-12-21)25(17-31)30(27(26)23-15-9-4-10-16-23)29(33)36-19-22-13-7-3-8-14-22/h2-16,24-27,31H,17-20H2,1H3/t24-,25-,26-,27+/m1/s1. The first kappa shape index (κ1) is 25.4. The Kier molecular flexibility index (Phi) is 8.71. The minimum absolute atomic E-state index is 0.0773. The minimum atomic E-state index is -0.741. The van der Waals surface area contributed by atoms with Crippen molar-refractivity contribution in [3.8, 4) is 0 Å². The molecular formula is C29H31NO6. The van der Waals surface area contributed by atoms with E-state index in [0.717, 1.165) is 16.7 Å². The summed E-state index contributed by atoms with van der Waals surface area (Å²) in [7, 11) is 1.33. The number of carbonyl (C=O) groups excluding carboxylic acids is 2. The molecule has 0 aliphatic carbocycles. The molecule has 1 saturated heterocycles. The Bertz CT molecular complexity index is 1110. The van der Waals surface area contributed by atoms with Crippen molar-refractivity contribution in [1.29, 1.82) is 0 Å². The van der Waals surface area contributed by atoms with Crippen LogP contribution in [-0.4, -0.2) is 48.4 Å². The lowest BCUT2D eigenvalue weighted by molar-refractivity contribution is -0.148. The van der Waals surface area contributed by atoms with E-state index in [0.29, 0.717) is 6.61 Å². The lowest BCUT2D eigenvalue weighted by Gasteiger charge is -2.30. The van der Waals surface area contributed by atoms with E-state index < -0.39 is 36.0 Å². The van der Waals surface area contributed by atoms with Crippen LogP contribution in [0.4, 0.5) is 4.79 Å². The molecule has 188 valence electrons. The monoisotopic (exact) mass is 489 g/mol. The van der Waals surface area contributed by atoms with Crippen molar-refractivity contribution < 1.29 is 28.9 Å². The molecule has 1 fully saturated rings. The van der Waals surface area contributed by atoms with Gasteiger partial charge in [-0.05, 0) is 16.7 Å². The average Bonchev–Trinajstić information content (AvgIpc) is 3.27. The maximum Gasteiger partial charge on any atom is 0.410 e. The van der Waals surface area contributed by atoms with Crippen molar-refractivity contribution in [3.63, 3.8) is 0 Å². The van der Waals surface area contributed by atoms with Gasteiger partial charge in [-0.2, -0.15) is 0 Å². The van der Waals surface area contributed by atoms with E-state index in [1.807, 2.05) is 91.0 Å². The number of carbonyl (C=O) groups is 2. The molecule has 1 N–H and O–H groups in total. The molecule has 0 bridgehead atoms. The second kappa shape index (κ2) is 12.3. The van der Waals surface area contributed by atoms with Crippen LogP contribution in [-0.2, 0) is 32.2 Å². The highest BCUT2D eigenvalue weighted by Gasteiger charge is 2.55. The van der Waals surface area contributed by atoms with Crippen molar-refractivity contribution >= 4 is 12.1 Å². The molecule has 0 unspecified atom stereocenters. The maximum atomic E-state index is 13.5. The number of aliphatic hydroxyl groups is 1. The summed E-state index contributed by atoms with van der Waals surface area (Å²) in [5, 5.41) is 10.4. The SMILES string of the molecule is COC(=O)[C@@H]1[C@H](COCc2ccccc2)[C@@H](CO)N(C(=O)OCc2ccccc2)[C@H]1c1ccccc1. The third-order valence-corrected chi connectivity index (χ3v) is 6.59. The summed E-state index contributed by atoms with van der Waals surface area (Å²) in [6.45, 7) is 0.230. The molecule has 0 radical (unpaired) electrons. The van der Waals surface area contributed by atoms with Gasteiger partial charge in [0.05, 0.1) is 44.9 Å². The van der Waals surface area contributed by atoms with Crippen molar-refractivity contribution in [2.45, 2.75) is 25.3 Å². The summed E-state index contributed by atoms with van der Waals surface area (Å²) < 4.78 is 16.8. The van der Waals surface area contributed by atoms with Crippen molar-refractivity contribution in [2.75, 3.05) is 20.3 Å². The molecule has 4 rings (SSSR count). The third kappa shape index (κ3) is 5.75. The Morgan fingerprint density at radius 1 is 0.833 bits per heavy atom. The highest BCUT2D eigenvalue weighted by Crippen LogP contribution is 2.46. The molecular weight excluding hydrogens is 458 g/mol. The second-order valence-corrected chi connectivity index (χ2v) is 8.77. The number of benzene rings is 3. The zero-order valence-electron chi connectivity index (χ0n) is 20.2. The zero-order valence-corrected chi connectivity index (χ0v) is 20.2. The third-order valence-electron chi connectivity index (χ3n) is 6.59. The fraction of sp³-hybridized carbons (Fsp3) is 0.310.